The molecular weight excluding hydrogens is 219 g/mol. The van der Waals surface area contributed by atoms with Crippen molar-refractivity contribution < 1.29 is 4.39 Å². The summed E-state index contributed by atoms with van der Waals surface area (Å²) < 4.78 is 12.8. The lowest BCUT2D eigenvalue weighted by atomic mass is 10.1. The lowest BCUT2D eigenvalue weighted by molar-refractivity contribution is 0.614. The Morgan fingerprint density at radius 2 is 2.00 bits per heavy atom. The number of pyridine rings is 1. The van der Waals surface area contributed by atoms with Crippen molar-refractivity contribution in [3.63, 3.8) is 0 Å². The van der Waals surface area contributed by atoms with Crippen molar-refractivity contribution in [1.82, 2.24) is 15.0 Å². The van der Waals surface area contributed by atoms with Gasteiger partial charge in [0.05, 0.1) is 36.0 Å². The molecule has 0 saturated carbocycles. The van der Waals surface area contributed by atoms with Gasteiger partial charge in [0, 0.05) is 0 Å². The number of rotatable bonds is 4. The zero-order chi connectivity index (χ0) is 12.1. The minimum Gasteiger partial charge on any atom is -0.374 e. The van der Waals surface area contributed by atoms with Crippen molar-refractivity contribution >= 4 is 5.69 Å². The van der Waals surface area contributed by atoms with Gasteiger partial charge in [-0.25, -0.2) is 14.4 Å². The smallest absolute Gasteiger partial charge is 0.141 e. The molecule has 0 aliphatic carbocycles. The van der Waals surface area contributed by atoms with E-state index in [2.05, 4.69) is 20.3 Å². The molecule has 0 aliphatic rings. The van der Waals surface area contributed by atoms with Crippen molar-refractivity contribution in [3.05, 3.63) is 48.6 Å². The first kappa shape index (κ1) is 11.4. The molecule has 0 aliphatic heterocycles. The lowest BCUT2D eigenvalue weighted by Crippen LogP contribution is -2.11. The minimum absolute atomic E-state index is 0.0293. The van der Waals surface area contributed by atoms with Gasteiger partial charge >= 0.3 is 0 Å². The fourth-order valence-electron chi connectivity index (χ4n) is 1.55. The van der Waals surface area contributed by atoms with Crippen LogP contribution in [0.1, 0.15) is 25.1 Å². The van der Waals surface area contributed by atoms with Crippen molar-refractivity contribution in [2.24, 2.45) is 0 Å². The van der Waals surface area contributed by atoms with Gasteiger partial charge in [0.2, 0.25) is 0 Å². The van der Waals surface area contributed by atoms with Gasteiger partial charge in [0.1, 0.15) is 12.1 Å². The molecule has 2 aromatic heterocycles. The molecule has 5 heteroatoms. The van der Waals surface area contributed by atoms with Crippen LogP contribution in [0.4, 0.5) is 10.1 Å². The maximum Gasteiger partial charge on any atom is 0.141 e. The lowest BCUT2D eigenvalue weighted by Gasteiger charge is -2.16. The van der Waals surface area contributed by atoms with Gasteiger partial charge in [-0.05, 0) is 18.6 Å². The average Bonchev–Trinajstić information content (AvgIpc) is 2.38. The Bertz CT molecular complexity index is 458. The highest BCUT2D eigenvalue weighted by atomic mass is 19.1. The van der Waals surface area contributed by atoms with E-state index in [1.165, 1.54) is 18.6 Å². The minimum atomic E-state index is -0.327. The second kappa shape index (κ2) is 5.34. The van der Waals surface area contributed by atoms with E-state index < -0.39 is 0 Å². The Morgan fingerprint density at radius 3 is 2.59 bits per heavy atom. The van der Waals surface area contributed by atoms with E-state index in [-0.39, 0.29) is 11.9 Å². The molecule has 0 fully saturated rings. The monoisotopic (exact) mass is 232 g/mol. The summed E-state index contributed by atoms with van der Waals surface area (Å²) in [5.74, 6) is -0.327. The fraction of sp³-hybridized carbons (Fsp3) is 0.250. The summed E-state index contributed by atoms with van der Waals surface area (Å²) in [6, 6.07) is 3.12. The van der Waals surface area contributed by atoms with Crippen LogP contribution in [-0.2, 0) is 0 Å². The number of halogens is 1. The third-order valence-corrected chi connectivity index (χ3v) is 2.42. The van der Waals surface area contributed by atoms with Crippen molar-refractivity contribution in [2.45, 2.75) is 19.4 Å². The van der Waals surface area contributed by atoms with E-state index in [9.17, 15) is 4.39 Å². The van der Waals surface area contributed by atoms with Gasteiger partial charge in [-0.3, -0.25) is 4.98 Å². The molecule has 88 valence electrons. The Hall–Kier alpha value is -2.04. The van der Waals surface area contributed by atoms with E-state index in [0.29, 0.717) is 0 Å². The number of hydrogen-bond donors (Lipinski definition) is 1. The first-order valence-electron chi connectivity index (χ1n) is 5.42. The molecule has 0 amide bonds. The summed E-state index contributed by atoms with van der Waals surface area (Å²) in [4.78, 5) is 11.9. The van der Waals surface area contributed by atoms with Crippen molar-refractivity contribution in [2.75, 3.05) is 5.32 Å². The highest BCUT2D eigenvalue weighted by Crippen LogP contribution is 2.19. The SMILES string of the molecule is CCC(Nc1cncnc1)c1ccc(F)cn1. The average molecular weight is 232 g/mol. The van der Waals surface area contributed by atoms with Crippen LogP contribution in [0.2, 0.25) is 0 Å². The molecule has 2 aromatic rings. The van der Waals surface area contributed by atoms with E-state index in [1.807, 2.05) is 6.92 Å². The van der Waals surface area contributed by atoms with E-state index in [4.69, 9.17) is 0 Å². The largest absolute Gasteiger partial charge is 0.374 e. The summed E-state index contributed by atoms with van der Waals surface area (Å²) in [6.07, 6.45) is 6.93. The third kappa shape index (κ3) is 2.96. The maximum atomic E-state index is 12.8. The molecule has 0 saturated heterocycles. The first-order valence-corrected chi connectivity index (χ1v) is 5.42. The first-order chi connectivity index (χ1) is 8.29. The molecular formula is C12H13FN4. The summed E-state index contributed by atoms with van der Waals surface area (Å²) in [5.41, 5.74) is 1.63. The summed E-state index contributed by atoms with van der Waals surface area (Å²) in [6.45, 7) is 2.03. The molecule has 1 atom stereocenters. The second-order valence-corrected chi connectivity index (χ2v) is 3.63. The number of aromatic nitrogens is 3. The van der Waals surface area contributed by atoms with Gasteiger partial charge in [-0.1, -0.05) is 6.92 Å². The number of hydrogen-bond acceptors (Lipinski definition) is 4. The van der Waals surface area contributed by atoms with Crippen LogP contribution >= 0.6 is 0 Å². The third-order valence-electron chi connectivity index (χ3n) is 2.42. The van der Waals surface area contributed by atoms with Crippen LogP contribution in [-0.4, -0.2) is 15.0 Å². The van der Waals surface area contributed by atoms with Crippen LogP contribution in [0, 0.1) is 5.82 Å². The molecule has 1 unspecified atom stereocenters. The van der Waals surface area contributed by atoms with E-state index in [0.717, 1.165) is 17.8 Å². The molecule has 0 aromatic carbocycles. The molecule has 0 radical (unpaired) electrons. The van der Waals surface area contributed by atoms with E-state index >= 15 is 0 Å². The number of nitrogens with zero attached hydrogens (tertiary/aromatic N) is 3. The Morgan fingerprint density at radius 1 is 1.24 bits per heavy atom. The zero-order valence-electron chi connectivity index (χ0n) is 9.47. The van der Waals surface area contributed by atoms with Gasteiger partial charge in [0.25, 0.3) is 0 Å². The Labute approximate surface area is 99.0 Å². The molecule has 1 N–H and O–H groups in total. The quantitative estimate of drug-likeness (QED) is 0.880. The van der Waals surface area contributed by atoms with Crippen LogP contribution in [0.5, 0.6) is 0 Å². The van der Waals surface area contributed by atoms with Crippen LogP contribution in [0.15, 0.2) is 37.1 Å². The van der Waals surface area contributed by atoms with Gasteiger partial charge < -0.3 is 5.32 Å². The number of anilines is 1. The van der Waals surface area contributed by atoms with Gasteiger partial charge in [0.15, 0.2) is 0 Å². The van der Waals surface area contributed by atoms with Crippen LogP contribution in [0.3, 0.4) is 0 Å². The van der Waals surface area contributed by atoms with E-state index in [1.54, 1.807) is 18.5 Å². The molecule has 4 nitrogen and oxygen atoms in total. The van der Waals surface area contributed by atoms with Crippen molar-refractivity contribution in [1.29, 1.82) is 0 Å². The Kier molecular flexibility index (Phi) is 3.59. The van der Waals surface area contributed by atoms with Gasteiger partial charge in [-0.2, -0.15) is 0 Å². The molecule has 17 heavy (non-hydrogen) atoms. The molecule has 2 rings (SSSR count). The zero-order valence-corrected chi connectivity index (χ0v) is 9.47. The molecule has 2 heterocycles. The fourth-order valence-corrected chi connectivity index (χ4v) is 1.55. The predicted octanol–water partition coefficient (Wildman–Crippen LogP) is 2.57. The standard InChI is InChI=1S/C12H13FN4/c1-2-11(12-4-3-9(13)5-16-12)17-10-6-14-8-15-7-10/h3-8,11,17H,2H2,1H3. The molecule has 0 bridgehead atoms. The molecule has 0 spiro atoms. The summed E-state index contributed by atoms with van der Waals surface area (Å²) in [5, 5.41) is 3.25. The van der Waals surface area contributed by atoms with Crippen molar-refractivity contribution in [3.8, 4) is 0 Å². The van der Waals surface area contributed by atoms with Crippen LogP contribution in [0.25, 0.3) is 0 Å². The topological polar surface area (TPSA) is 50.7 Å². The summed E-state index contributed by atoms with van der Waals surface area (Å²) >= 11 is 0. The maximum absolute atomic E-state index is 12.8. The second-order valence-electron chi connectivity index (χ2n) is 3.63. The van der Waals surface area contributed by atoms with Gasteiger partial charge in [-0.15, -0.1) is 0 Å². The highest BCUT2D eigenvalue weighted by Gasteiger charge is 2.10. The summed E-state index contributed by atoms with van der Waals surface area (Å²) in [7, 11) is 0. The predicted molar refractivity (Wildman–Crippen MR) is 62.9 cm³/mol. The Balaban J connectivity index is 2.14. The van der Waals surface area contributed by atoms with Crippen LogP contribution < -0.4 is 5.32 Å². The number of nitrogens with one attached hydrogen (secondary N) is 1. The highest BCUT2D eigenvalue weighted by molar-refractivity contribution is 5.39. The normalized spacial score (nSPS) is 12.1.